The van der Waals surface area contributed by atoms with Gasteiger partial charge in [-0.15, -0.1) is 0 Å². The molecule has 220 valence electrons. The number of fused-ring (bicyclic) bond motifs is 2. The van der Waals surface area contributed by atoms with Crippen LogP contribution in [0.4, 0.5) is 44.1 Å². The number of nitrogens with zero attached hydrogens (tertiary/aromatic N) is 6. The molecular formula is C29H22F6N8. The number of hydrogen-bond donors (Lipinski definition) is 2. The molecule has 6 aromatic rings. The molecule has 14 heteroatoms. The SMILES string of the molecule is Cn1c(Nc2nc(NCc3cccc(C(F)(F)F)c3)c3ncn(Cc4ccc(C(F)(F)F)cc4)c3n2)nc2ccccc21. The van der Waals surface area contributed by atoms with E-state index in [-0.39, 0.29) is 24.9 Å². The number of para-hydroxylation sites is 2. The molecule has 8 nitrogen and oxygen atoms in total. The van der Waals surface area contributed by atoms with E-state index in [2.05, 4.69) is 30.6 Å². The van der Waals surface area contributed by atoms with Crippen LogP contribution in [0, 0.1) is 0 Å². The Morgan fingerprint density at radius 3 is 2.23 bits per heavy atom. The first-order valence-corrected chi connectivity index (χ1v) is 12.9. The Hall–Kier alpha value is -5.14. The van der Waals surface area contributed by atoms with Crippen LogP contribution < -0.4 is 10.6 Å². The predicted molar refractivity (Wildman–Crippen MR) is 149 cm³/mol. The lowest BCUT2D eigenvalue weighted by Crippen LogP contribution is -2.10. The van der Waals surface area contributed by atoms with E-state index in [0.29, 0.717) is 28.2 Å². The quantitative estimate of drug-likeness (QED) is 0.190. The van der Waals surface area contributed by atoms with Gasteiger partial charge in [0, 0.05) is 13.6 Å². The molecule has 2 N–H and O–H groups in total. The number of alkyl halides is 6. The lowest BCUT2D eigenvalue weighted by Gasteiger charge is -2.12. The van der Waals surface area contributed by atoms with Gasteiger partial charge in [-0.25, -0.2) is 9.97 Å². The van der Waals surface area contributed by atoms with Crippen molar-refractivity contribution < 1.29 is 26.3 Å². The second kappa shape index (κ2) is 10.6. The number of benzene rings is 3. The van der Waals surface area contributed by atoms with Crippen molar-refractivity contribution >= 4 is 39.9 Å². The van der Waals surface area contributed by atoms with E-state index >= 15 is 0 Å². The number of anilines is 3. The molecule has 6 rings (SSSR count). The van der Waals surface area contributed by atoms with Crippen LogP contribution in [0.1, 0.15) is 22.3 Å². The highest BCUT2D eigenvalue weighted by Gasteiger charge is 2.31. The summed E-state index contributed by atoms with van der Waals surface area (Å²) in [6.45, 7) is 0.165. The van der Waals surface area contributed by atoms with Crippen LogP contribution in [-0.4, -0.2) is 29.1 Å². The first kappa shape index (κ1) is 28.0. The summed E-state index contributed by atoms with van der Waals surface area (Å²) in [5.41, 5.74) is 1.70. The van der Waals surface area contributed by atoms with Gasteiger partial charge in [0.15, 0.2) is 17.0 Å². The van der Waals surface area contributed by atoms with Gasteiger partial charge in [0.05, 0.1) is 35.0 Å². The molecule has 0 spiro atoms. The molecule has 0 atom stereocenters. The van der Waals surface area contributed by atoms with E-state index in [1.807, 2.05) is 35.9 Å². The number of imidazole rings is 2. The Kier molecular flexibility index (Phi) is 6.90. The van der Waals surface area contributed by atoms with Crippen molar-refractivity contribution in [3.63, 3.8) is 0 Å². The van der Waals surface area contributed by atoms with E-state index in [1.165, 1.54) is 24.5 Å². The molecule has 0 fully saturated rings. The van der Waals surface area contributed by atoms with Crippen LogP contribution in [0.25, 0.3) is 22.2 Å². The highest BCUT2D eigenvalue weighted by atomic mass is 19.4. The summed E-state index contributed by atoms with van der Waals surface area (Å²) in [7, 11) is 1.82. The summed E-state index contributed by atoms with van der Waals surface area (Å²) in [5.74, 6) is 0.819. The van der Waals surface area contributed by atoms with Crippen molar-refractivity contribution in [3.05, 3.63) is 101 Å². The standard InChI is InChI=1S/C29H22F6N8/c1-42-22-8-3-2-7-21(22)38-27(42)41-26-39-24(36-14-18-5-4-6-20(13-18)29(33,34)35)23-25(40-26)43(16-37-23)15-17-9-11-19(12-10-17)28(30,31)32/h2-13,16H,14-15H2,1H3,(H2,36,38,39,40,41). The van der Waals surface area contributed by atoms with E-state index in [1.54, 1.807) is 10.6 Å². The fraction of sp³-hybridized carbons (Fsp3) is 0.172. The second-order valence-corrected chi connectivity index (χ2v) is 9.80. The highest BCUT2D eigenvalue weighted by molar-refractivity contribution is 5.85. The summed E-state index contributed by atoms with van der Waals surface area (Å²) in [5, 5.41) is 6.17. The summed E-state index contributed by atoms with van der Waals surface area (Å²) < 4.78 is 82.3. The minimum absolute atomic E-state index is 0.00747. The highest BCUT2D eigenvalue weighted by Crippen LogP contribution is 2.31. The number of halogens is 6. The van der Waals surface area contributed by atoms with Gasteiger partial charge in [-0.2, -0.15) is 36.3 Å². The first-order chi connectivity index (χ1) is 20.5. The Balaban J connectivity index is 1.36. The fourth-order valence-corrected chi connectivity index (χ4v) is 4.64. The third-order valence-electron chi connectivity index (χ3n) is 6.82. The molecule has 0 aliphatic rings. The lowest BCUT2D eigenvalue weighted by molar-refractivity contribution is -0.138. The molecule has 0 saturated carbocycles. The summed E-state index contributed by atoms with van der Waals surface area (Å²) >= 11 is 0. The van der Waals surface area contributed by atoms with Crippen molar-refractivity contribution in [2.75, 3.05) is 10.6 Å². The third-order valence-corrected chi connectivity index (χ3v) is 6.82. The van der Waals surface area contributed by atoms with Crippen molar-refractivity contribution in [1.29, 1.82) is 0 Å². The molecule has 0 unspecified atom stereocenters. The smallest absolute Gasteiger partial charge is 0.364 e. The number of aromatic nitrogens is 6. The molecule has 0 saturated heterocycles. The van der Waals surface area contributed by atoms with E-state index in [4.69, 9.17) is 0 Å². The van der Waals surface area contributed by atoms with Crippen LogP contribution in [-0.2, 0) is 32.5 Å². The molecule has 3 heterocycles. The third kappa shape index (κ3) is 5.80. The van der Waals surface area contributed by atoms with Gasteiger partial charge in [0.1, 0.15) is 0 Å². The average molecular weight is 597 g/mol. The van der Waals surface area contributed by atoms with Gasteiger partial charge in [0.25, 0.3) is 0 Å². The van der Waals surface area contributed by atoms with E-state index in [0.717, 1.165) is 35.3 Å². The van der Waals surface area contributed by atoms with Gasteiger partial charge in [-0.1, -0.05) is 36.4 Å². The second-order valence-electron chi connectivity index (χ2n) is 9.80. The van der Waals surface area contributed by atoms with Crippen LogP contribution in [0.5, 0.6) is 0 Å². The zero-order valence-electron chi connectivity index (χ0n) is 22.4. The molecule has 0 bridgehead atoms. The number of hydrogen-bond acceptors (Lipinski definition) is 6. The summed E-state index contributed by atoms with van der Waals surface area (Å²) in [6, 6.07) is 17.2. The number of aryl methyl sites for hydroxylation is 1. The number of nitrogens with one attached hydrogen (secondary N) is 2. The van der Waals surface area contributed by atoms with Gasteiger partial charge in [0.2, 0.25) is 11.9 Å². The maximum atomic E-state index is 13.2. The Bertz CT molecular complexity index is 1920. The molecule has 3 aromatic heterocycles. The Morgan fingerprint density at radius 1 is 0.767 bits per heavy atom. The minimum Gasteiger partial charge on any atom is -0.364 e. The van der Waals surface area contributed by atoms with Crippen LogP contribution >= 0.6 is 0 Å². The molecular weight excluding hydrogens is 574 g/mol. The van der Waals surface area contributed by atoms with Gasteiger partial charge in [-0.05, 0) is 47.5 Å². The van der Waals surface area contributed by atoms with Crippen molar-refractivity contribution in [3.8, 4) is 0 Å². The summed E-state index contributed by atoms with van der Waals surface area (Å²) in [6.07, 6.45) is -7.47. The minimum atomic E-state index is -4.49. The monoisotopic (exact) mass is 596 g/mol. The maximum Gasteiger partial charge on any atom is 0.416 e. The molecule has 0 radical (unpaired) electrons. The molecule has 0 amide bonds. The Labute approximate surface area is 240 Å². The zero-order valence-corrected chi connectivity index (χ0v) is 22.4. The van der Waals surface area contributed by atoms with Crippen LogP contribution in [0.3, 0.4) is 0 Å². The predicted octanol–water partition coefficient (Wildman–Crippen LogP) is 7.15. The van der Waals surface area contributed by atoms with E-state index in [9.17, 15) is 26.3 Å². The average Bonchev–Trinajstić information content (AvgIpc) is 3.51. The normalized spacial score (nSPS) is 12.3. The van der Waals surface area contributed by atoms with Crippen LogP contribution in [0.15, 0.2) is 79.1 Å². The largest absolute Gasteiger partial charge is 0.416 e. The van der Waals surface area contributed by atoms with Crippen molar-refractivity contribution in [1.82, 2.24) is 29.1 Å². The number of rotatable bonds is 7. The van der Waals surface area contributed by atoms with E-state index < -0.39 is 23.5 Å². The molecule has 0 aliphatic heterocycles. The Morgan fingerprint density at radius 2 is 1.51 bits per heavy atom. The van der Waals surface area contributed by atoms with Crippen molar-refractivity contribution in [2.24, 2.45) is 7.05 Å². The maximum absolute atomic E-state index is 13.2. The topological polar surface area (TPSA) is 85.5 Å². The fourth-order valence-electron chi connectivity index (χ4n) is 4.64. The van der Waals surface area contributed by atoms with Gasteiger partial charge in [-0.3, -0.25) is 5.32 Å². The van der Waals surface area contributed by atoms with Crippen molar-refractivity contribution in [2.45, 2.75) is 25.4 Å². The first-order valence-electron chi connectivity index (χ1n) is 12.9. The molecule has 0 aliphatic carbocycles. The summed E-state index contributed by atoms with van der Waals surface area (Å²) in [4.78, 5) is 18.1. The van der Waals surface area contributed by atoms with Gasteiger partial charge >= 0.3 is 12.4 Å². The van der Waals surface area contributed by atoms with Crippen LogP contribution in [0.2, 0.25) is 0 Å². The molecule has 43 heavy (non-hydrogen) atoms. The lowest BCUT2D eigenvalue weighted by atomic mass is 10.1. The van der Waals surface area contributed by atoms with Gasteiger partial charge < -0.3 is 14.5 Å². The molecule has 3 aromatic carbocycles. The zero-order chi connectivity index (χ0) is 30.4.